The number of anilines is 1. The van der Waals surface area contributed by atoms with Crippen molar-refractivity contribution in [2.45, 2.75) is 26.3 Å². The lowest BCUT2D eigenvalue weighted by atomic mass is 10.0. The fraction of sp³-hybridized carbons (Fsp3) is 0.312. The van der Waals surface area contributed by atoms with E-state index in [0.29, 0.717) is 17.8 Å². The summed E-state index contributed by atoms with van der Waals surface area (Å²) >= 11 is 0. The second-order valence-electron chi connectivity index (χ2n) is 5.37. The molecule has 0 bridgehead atoms. The lowest BCUT2D eigenvalue weighted by Crippen LogP contribution is -2.31. The summed E-state index contributed by atoms with van der Waals surface area (Å²) in [5.74, 6) is -0.153. The summed E-state index contributed by atoms with van der Waals surface area (Å²) in [6.07, 6.45) is 2.14. The van der Waals surface area contributed by atoms with Gasteiger partial charge in [-0.15, -0.1) is 0 Å². The molecule has 1 unspecified atom stereocenters. The summed E-state index contributed by atoms with van der Waals surface area (Å²) in [5, 5.41) is 23.0. The molecule has 2 N–H and O–H groups in total. The van der Waals surface area contributed by atoms with Gasteiger partial charge < -0.3 is 10.4 Å². The number of carboxylic acids is 1. The molecule has 0 saturated heterocycles. The zero-order chi connectivity index (χ0) is 15.4. The second kappa shape index (κ2) is 6.23. The van der Waals surface area contributed by atoms with Crippen molar-refractivity contribution >= 4 is 22.6 Å². The Labute approximate surface area is 123 Å². The molecule has 0 fully saturated rings. The maximum atomic E-state index is 11.4. The predicted molar refractivity (Wildman–Crippen MR) is 81.0 cm³/mol. The topological polar surface area (TPSA) is 86.0 Å². The van der Waals surface area contributed by atoms with Gasteiger partial charge in [0.05, 0.1) is 11.6 Å². The van der Waals surface area contributed by atoms with E-state index < -0.39 is 12.0 Å². The van der Waals surface area contributed by atoms with Crippen molar-refractivity contribution in [3.05, 3.63) is 36.0 Å². The van der Waals surface area contributed by atoms with Crippen LogP contribution in [0.15, 0.2) is 30.5 Å². The summed E-state index contributed by atoms with van der Waals surface area (Å²) in [7, 11) is 0. The second-order valence-corrected chi connectivity index (χ2v) is 5.37. The Morgan fingerprint density at radius 2 is 2.19 bits per heavy atom. The van der Waals surface area contributed by atoms with Crippen molar-refractivity contribution in [2.75, 3.05) is 5.32 Å². The molecule has 21 heavy (non-hydrogen) atoms. The molecule has 1 atom stereocenters. The molecular formula is C16H17N3O2. The normalized spacial score (nSPS) is 12.1. The average molecular weight is 283 g/mol. The van der Waals surface area contributed by atoms with E-state index in [1.54, 1.807) is 18.3 Å². The Hall–Kier alpha value is -2.61. The quantitative estimate of drug-likeness (QED) is 0.880. The van der Waals surface area contributed by atoms with E-state index in [4.69, 9.17) is 5.26 Å². The van der Waals surface area contributed by atoms with Crippen molar-refractivity contribution in [1.82, 2.24) is 4.98 Å². The number of hydrogen-bond donors (Lipinski definition) is 2. The van der Waals surface area contributed by atoms with Gasteiger partial charge in [0, 0.05) is 11.6 Å². The highest BCUT2D eigenvalue weighted by Gasteiger charge is 2.20. The number of pyridine rings is 1. The first-order chi connectivity index (χ1) is 10.0. The lowest BCUT2D eigenvalue weighted by Gasteiger charge is -2.18. The van der Waals surface area contributed by atoms with Gasteiger partial charge in [0.1, 0.15) is 11.9 Å². The van der Waals surface area contributed by atoms with Gasteiger partial charge in [-0.05, 0) is 35.9 Å². The Morgan fingerprint density at radius 3 is 2.81 bits per heavy atom. The minimum Gasteiger partial charge on any atom is -0.480 e. The number of aliphatic carboxylic acids is 1. The number of nitrogens with zero attached hydrogens (tertiary/aromatic N) is 2. The van der Waals surface area contributed by atoms with Gasteiger partial charge in [0.2, 0.25) is 0 Å². The van der Waals surface area contributed by atoms with Gasteiger partial charge in [0.15, 0.2) is 0 Å². The van der Waals surface area contributed by atoms with Crippen molar-refractivity contribution in [1.29, 1.82) is 5.26 Å². The summed E-state index contributed by atoms with van der Waals surface area (Å²) in [4.78, 5) is 15.6. The Balaban J connectivity index is 2.41. The predicted octanol–water partition coefficient (Wildman–Crippen LogP) is 3.02. The molecule has 0 aliphatic carbocycles. The van der Waals surface area contributed by atoms with Crippen LogP contribution in [0.5, 0.6) is 0 Å². The number of hydrogen-bond acceptors (Lipinski definition) is 4. The third-order valence-corrected chi connectivity index (χ3v) is 3.21. The standard InChI is InChI=1S/C16H17N3O2/c1-10(2)7-14(16(20)21)19-15-13-8-11(9-17)3-4-12(13)5-6-18-15/h3-6,8,10,14H,7H2,1-2H3,(H,18,19)(H,20,21). The van der Waals surface area contributed by atoms with Gasteiger partial charge in [-0.2, -0.15) is 5.26 Å². The summed E-state index contributed by atoms with van der Waals surface area (Å²) in [5.41, 5.74) is 0.522. The molecule has 0 spiro atoms. The fourth-order valence-corrected chi connectivity index (χ4v) is 2.21. The minimum absolute atomic E-state index is 0.253. The van der Waals surface area contributed by atoms with Gasteiger partial charge in [-0.1, -0.05) is 19.9 Å². The molecule has 1 aromatic heterocycles. The van der Waals surface area contributed by atoms with Crippen LogP contribution in [0.1, 0.15) is 25.8 Å². The van der Waals surface area contributed by atoms with Crippen LogP contribution in [-0.2, 0) is 4.79 Å². The highest BCUT2D eigenvalue weighted by molar-refractivity contribution is 5.94. The van der Waals surface area contributed by atoms with E-state index in [1.807, 2.05) is 26.0 Å². The van der Waals surface area contributed by atoms with Crippen LogP contribution in [0.4, 0.5) is 5.82 Å². The Kier molecular flexibility index (Phi) is 4.39. The zero-order valence-electron chi connectivity index (χ0n) is 12.0. The van der Waals surface area contributed by atoms with Crippen LogP contribution in [0.25, 0.3) is 10.8 Å². The fourth-order valence-electron chi connectivity index (χ4n) is 2.21. The van der Waals surface area contributed by atoms with E-state index in [0.717, 1.165) is 10.8 Å². The van der Waals surface area contributed by atoms with Crippen LogP contribution in [0.3, 0.4) is 0 Å². The van der Waals surface area contributed by atoms with Crippen LogP contribution >= 0.6 is 0 Å². The van der Waals surface area contributed by atoms with E-state index in [1.165, 1.54) is 0 Å². The summed E-state index contributed by atoms with van der Waals surface area (Å²) < 4.78 is 0. The molecule has 2 aromatic rings. The number of nitrogens with one attached hydrogen (secondary N) is 1. The maximum absolute atomic E-state index is 11.4. The monoisotopic (exact) mass is 283 g/mol. The third kappa shape index (κ3) is 3.48. The van der Waals surface area contributed by atoms with E-state index in [-0.39, 0.29) is 5.92 Å². The molecular weight excluding hydrogens is 266 g/mol. The molecule has 5 nitrogen and oxygen atoms in total. The molecule has 1 aromatic carbocycles. The first-order valence-corrected chi connectivity index (χ1v) is 6.79. The number of benzene rings is 1. The molecule has 0 aliphatic heterocycles. The first kappa shape index (κ1) is 14.8. The number of nitriles is 1. The van der Waals surface area contributed by atoms with Crippen LogP contribution < -0.4 is 5.32 Å². The number of fused-ring (bicyclic) bond motifs is 1. The van der Waals surface area contributed by atoms with Gasteiger partial charge in [0.25, 0.3) is 0 Å². The highest BCUT2D eigenvalue weighted by Crippen LogP contribution is 2.23. The average Bonchev–Trinajstić information content (AvgIpc) is 2.45. The largest absolute Gasteiger partial charge is 0.480 e. The van der Waals surface area contributed by atoms with Crippen molar-refractivity contribution in [2.24, 2.45) is 5.92 Å². The van der Waals surface area contributed by atoms with E-state index in [9.17, 15) is 9.90 Å². The molecule has 2 rings (SSSR count). The van der Waals surface area contributed by atoms with Crippen molar-refractivity contribution in [3.63, 3.8) is 0 Å². The zero-order valence-corrected chi connectivity index (χ0v) is 12.0. The number of rotatable bonds is 5. The minimum atomic E-state index is -0.904. The van der Waals surface area contributed by atoms with Crippen LogP contribution in [0.2, 0.25) is 0 Å². The molecule has 5 heteroatoms. The van der Waals surface area contributed by atoms with Gasteiger partial charge >= 0.3 is 5.97 Å². The summed E-state index contributed by atoms with van der Waals surface area (Å²) in [6.45, 7) is 3.95. The highest BCUT2D eigenvalue weighted by atomic mass is 16.4. The van der Waals surface area contributed by atoms with E-state index >= 15 is 0 Å². The number of aromatic nitrogens is 1. The van der Waals surface area contributed by atoms with Gasteiger partial charge in [-0.3, -0.25) is 0 Å². The molecule has 108 valence electrons. The SMILES string of the molecule is CC(C)CC(Nc1nccc2ccc(C#N)cc12)C(=O)O. The van der Waals surface area contributed by atoms with Crippen molar-refractivity contribution < 1.29 is 9.90 Å². The lowest BCUT2D eigenvalue weighted by molar-refractivity contribution is -0.138. The smallest absolute Gasteiger partial charge is 0.326 e. The number of carbonyl (C=O) groups is 1. The molecule has 0 saturated carbocycles. The third-order valence-electron chi connectivity index (χ3n) is 3.21. The Morgan fingerprint density at radius 1 is 1.43 bits per heavy atom. The summed E-state index contributed by atoms with van der Waals surface area (Å²) in [6, 6.07) is 8.50. The first-order valence-electron chi connectivity index (χ1n) is 6.79. The molecule has 0 amide bonds. The van der Waals surface area contributed by atoms with Crippen LogP contribution in [-0.4, -0.2) is 22.1 Å². The van der Waals surface area contributed by atoms with Crippen LogP contribution in [0, 0.1) is 17.2 Å². The van der Waals surface area contributed by atoms with Crippen molar-refractivity contribution in [3.8, 4) is 6.07 Å². The molecule has 0 aliphatic rings. The maximum Gasteiger partial charge on any atom is 0.326 e. The molecule has 1 heterocycles. The number of carboxylic acid groups (broad SMARTS) is 1. The Bertz CT molecular complexity index is 704. The van der Waals surface area contributed by atoms with Gasteiger partial charge in [-0.25, -0.2) is 9.78 Å². The molecule has 0 radical (unpaired) electrons. The van der Waals surface area contributed by atoms with E-state index in [2.05, 4.69) is 16.4 Å².